The average molecular weight is 545 g/mol. The second-order valence-corrected chi connectivity index (χ2v) is 8.84. The molecule has 1 N–H and O–H groups in total. The number of hydrogen-bond donors (Lipinski definition) is 1. The molecule has 5 aromatic rings. The molecule has 0 spiro atoms. The summed E-state index contributed by atoms with van der Waals surface area (Å²) in [7, 11) is 1.65. The largest absolute Gasteiger partial charge is 0.435 e. The summed E-state index contributed by atoms with van der Waals surface area (Å²) in [6.45, 7) is -0.185. The van der Waals surface area contributed by atoms with Crippen LogP contribution in [0.1, 0.15) is 17.5 Å². The minimum atomic E-state index is -4.81. The molecule has 0 fully saturated rings. The highest BCUT2D eigenvalue weighted by Crippen LogP contribution is 2.43. The van der Waals surface area contributed by atoms with Gasteiger partial charge in [0.25, 0.3) is 0 Å². The molecule has 0 saturated carbocycles. The number of aromatic nitrogens is 4. The molecule has 0 aliphatic heterocycles. The van der Waals surface area contributed by atoms with E-state index < -0.39 is 36.0 Å². The smallest absolute Gasteiger partial charge is 0.420 e. The maximum Gasteiger partial charge on any atom is 0.420 e. The van der Waals surface area contributed by atoms with Gasteiger partial charge in [0.2, 0.25) is 12.3 Å². The lowest BCUT2D eigenvalue weighted by Crippen LogP contribution is -2.17. The van der Waals surface area contributed by atoms with Crippen molar-refractivity contribution in [3.8, 4) is 34.0 Å². The van der Waals surface area contributed by atoms with Gasteiger partial charge in [-0.25, -0.2) is 18.2 Å². The van der Waals surface area contributed by atoms with Crippen LogP contribution in [0, 0.1) is 5.82 Å². The van der Waals surface area contributed by atoms with Crippen LogP contribution in [0.25, 0.3) is 45.1 Å². The van der Waals surface area contributed by atoms with E-state index >= 15 is 4.39 Å². The standard InChI is InChI=1S/C27H21F6N5O/c1-38-14-35-37-25(38)22-17(16-5-3-2-4-6-16)7-8-19(28)23(22)26-36-20-12-15(13-34-10-9-21(29)30)11-18(24(20)39-26)27(31,32)33/h2-8,11-12,14,21,34H,9-10,13H2,1H3. The maximum absolute atomic E-state index is 15.5. The summed E-state index contributed by atoms with van der Waals surface area (Å²) < 4.78 is 89.6. The summed E-state index contributed by atoms with van der Waals surface area (Å²) >= 11 is 0. The SMILES string of the molecule is Cn1cnnc1-c1c(-c2ccccc2)ccc(F)c1-c1nc2cc(CNCCC(F)F)cc(C(F)(F)F)c2o1. The first-order valence-electron chi connectivity index (χ1n) is 11.9. The van der Waals surface area contributed by atoms with Crippen molar-refractivity contribution < 1.29 is 30.8 Å². The molecule has 39 heavy (non-hydrogen) atoms. The van der Waals surface area contributed by atoms with E-state index in [1.807, 2.05) is 6.07 Å². The lowest BCUT2D eigenvalue weighted by atomic mass is 9.94. The summed E-state index contributed by atoms with van der Waals surface area (Å²) in [4.78, 5) is 4.26. The predicted octanol–water partition coefficient (Wildman–Crippen LogP) is 6.86. The van der Waals surface area contributed by atoms with Crippen molar-refractivity contribution in [2.75, 3.05) is 6.54 Å². The highest BCUT2D eigenvalue weighted by Gasteiger charge is 2.36. The lowest BCUT2D eigenvalue weighted by molar-refractivity contribution is -0.136. The number of halogens is 6. The van der Waals surface area contributed by atoms with Gasteiger partial charge in [-0.2, -0.15) is 13.2 Å². The van der Waals surface area contributed by atoms with Crippen molar-refractivity contribution in [1.29, 1.82) is 0 Å². The number of oxazole rings is 1. The van der Waals surface area contributed by atoms with Crippen LogP contribution < -0.4 is 5.32 Å². The fourth-order valence-electron chi connectivity index (χ4n) is 4.34. The third-order valence-electron chi connectivity index (χ3n) is 6.11. The molecule has 0 unspecified atom stereocenters. The van der Waals surface area contributed by atoms with E-state index in [9.17, 15) is 22.0 Å². The van der Waals surface area contributed by atoms with E-state index in [1.165, 1.54) is 18.5 Å². The second kappa shape index (κ2) is 10.5. The average Bonchev–Trinajstić information content (AvgIpc) is 3.51. The number of fused-ring (bicyclic) bond motifs is 1. The van der Waals surface area contributed by atoms with Crippen LogP contribution in [0.15, 0.2) is 65.3 Å². The highest BCUT2D eigenvalue weighted by molar-refractivity contribution is 5.92. The summed E-state index contributed by atoms with van der Waals surface area (Å²) in [6, 6.07) is 14.0. The Bertz CT molecular complexity index is 1610. The van der Waals surface area contributed by atoms with Gasteiger partial charge in [-0.3, -0.25) is 0 Å². The summed E-state index contributed by atoms with van der Waals surface area (Å²) in [5.74, 6) is -0.890. The van der Waals surface area contributed by atoms with E-state index in [2.05, 4.69) is 20.5 Å². The zero-order chi connectivity index (χ0) is 27.7. The predicted molar refractivity (Wildman–Crippen MR) is 132 cm³/mol. The molecular weight excluding hydrogens is 524 g/mol. The molecule has 0 radical (unpaired) electrons. The monoisotopic (exact) mass is 545 g/mol. The Morgan fingerprint density at radius 2 is 1.79 bits per heavy atom. The third-order valence-corrected chi connectivity index (χ3v) is 6.11. The first kappa shape index (κ1) is 26.4. The molecule has 5 rings (SSSR count). The van der Waals surface area contributed by atoms with E-state index in [-0.39, 0.29) is 47.0 Å². The molecule has 0 aliphatic rings. The van der Waals surface area contributed by atoms with Crippen LogP contribution in [0.2, 0.25) is 0 Å². The van der Waals surface area contributed by atoms with Gasteiger partial charge in [-0.1, -0.05) is 36.4 Å². The molecule has 0 saturated heterocycles. The Kier molecular flexibility index (Phi) is 7.13. The van der Waals surface area contributed by atoms with Gasteiger partial charge < -0.3 is 14.3 Å². The van der Waals surface area contributed by atoms with Crippen LogP contribution in [0.3, 0.4) is 0 Å². The van der Waals surface area contributed by atoms with Crippen LogP contribution >= 0.6 is 0 Å². The Morgan fingerprint density at radius 3 is 2.46 bits per heavy atom. The fraction of sp³-hybridized carbons (Fsp3) is 0.222. The molecule has 6 nitrogen and oxygen atoms in total. The minimum absolute atomic E-state index is 0.0837. The number of nitrogens with zero attached hydrogens (tertiary/aromatic N) is 4. The number of aryl methyl sites for hydroxylation is 1. The van der Waals surface area contributed by atoms with Crippen LogP contribution in [-0.4, -0.2) is 32.7 Å². The Morgan fingerprint density at radius 1 is 1.03 bits per heavy atom. The van der Waals surface area contributed by atoms with Gasteiger partial charge in [0, 0.05) is 32.1 Å². The van der Waals surface area contributed by atoms with E-state index in [4.69, 9.17) is 4.42 Å². The summed E-state index contributed by atoms with van der Waals surface area (Å²) in [5, 5.41) is 10.7. The molecule has 3 aromatic carbocycles. The van der Waals surface area contributed by atoms with Crippen molar-refractivity contribution in [3.63, 3.8) is 0 Å². The van der Waals surface area contributed by atoms with Crippen LogP contribution in [0.4, 0.5) is 26.3 Å². The van der Waals surface area contributed by atoms with E-state index in [0.29, 0.717) is 11.1 Å². The number of rotatable bonds is 8. The number of hydrogen-bond acceptors (Lipinski definition) is 5. The summed E-state index contributed by atoms with van der Waals surface area (Å²) in [6.07, 6.45) is -6.37. The quantitative estimate of drug-likeness (QED) is 0.170. The van der Waals surface area contributed by atoms with E-state index in [1.54, 1.807) is 41.9 Å². The summed E-state index contributed by atoms with van der Waals surface area (Å²) in [5.41, 5.74) is -0.337. The zero-order valence-corrected chi connectivity index (χ0v) is 20.4. The van der Waals surface area contributed by atoms with Crippen LogP contribution in [0.5, 0.6) is 0 Å². The zero-order valence-electron chi connectivity index (χ0n) is 20.4. The Hall–Kier alpha value is -4.19. The van der Waals surface area contributed by atoms with Gasteiger partial charge in [-0.15, -0.1) is 10.2 Å². The number of benzene rings is 3. The minimum Gasteiger partial charge on any atom is -0.435 e. The van der Waals surface area contributed by atoms with Crippen molar-refractivity contribution in [3.05, 3.63) is 77.9 Å². The molecular formula is C27H21F6N5O. The number of alkyl halides is 5. The maximum atomic E-state index is 15.5. The first-order chi connectivity index (χ1) is 18.6. The Labute approximate surface area is 218 Å². The van der Waals surface area contributed by atoms with Gasteiger partial charge in [0.1, 0.15) is 23.2 Å². The molecule has 2 aromatic heterocycles. The van der Waals surface area contributed by atoms with E-state index in [0.717, 1.165) is 6.07 Å². The van der Waals surface area contributed by atoms with Crippen molar-refractivity contribution in [1.82, 2.24) is 25.1 Å². The normalized spacial score (nSPS) is 12.1. The van der Waals surface area contributed by atoms with Gasteiger partial charge in [-0.05, 0) is 34.9 Å². The first-order valence-corrected chi connectivity index (χ1v) is 11.9. The highest BCUT2D eigenvalue weighted by atomic mass is 19.4. The van der Waals surface area contributed by atoms with Gasteiger partial charge in [0.15, 0.2) is 11.4 Å². The lowest BCUT2D eigenvalue weighted by Gasteiger charge is -2.14. The van der Waals surface area contributed by atoms with Crippen molar-refractivity contribution >= 4 is 11.1 Å². The van der Waals surface area contributed by atoms with Crippen LogP contribution in [-0.2, 0) is 19.8 Å². The molecule has 2 heterocycles. The van der Waals surface area contributed by atoms with Gasteiger partial charge in [0.05, 0.1) is 5.56 Å². The number of nitrogens with one attached hydrogen (secondary N) is 1. The van der Waals surface area contributed by atoms with Crippen molar-refractivity contribution in [2.24, 2.45) is 7.05 Å². The fourth-order valence-corrected chi connectivity index (χ4v) is 4.34. The van der Waals surface area contributed by atoms with Gasteiger partial charge >= 0.3 is 6.18 Å². The molecule has 12 heteroatoms. The molecule has 0 aliphatic carbocycles. The molecule has 0 amide bonds. The molecule has 202 valence electrons. The topological polar surface area (TPSA) is 68.8 Å². The Balaban J connectivity index is 1.70. The second-order valence-electron chi connectivity index (χ2n) is 8.84. The molecule has 0 bridgehead atoms. The molecule has 0 atom stereocenters. The third kappa shape index (κ3) is 5.37. The van der Waals surface area contributed by atoms with Crippen molar-refractivity contribution in [2.45, 2.75) is 25.6 Å².